The average molecular weight is 159 g/mol. The maximum Gasteiger partial charge on any atom is 0.295 e. The van der Waals surface area contributed by atoms with E-state index >= 15 is 0 Å². The minimum absolute atomic E-state index is 0.0914. The summed E-state index contributed by atoms with van der Waals surface area (Å²) in [7, 11) is 0. The maximum atomic E-state index is 9.73. The Balaban J connectivity index is 2.00. The lowest BCUT2D eigenvalue weighted by Crippen LogP contribution is -2.32. The van der Waals surface area contributed by atoms with Gasteiger partial charge in [-0.25, -0.2) is 0 Å². The quantitative estimate of drug-likeness (QED) is 0.353. The lowest BCUT2D eigenvalue weighted by Gasteiger charge is -2.21. The van der Waals surface area contributed by atoms with E-state index in [0.29, 0.717) is 6.47 Å². The summed E-state index contributed by atoms with van der Waals surface area (Å²) < 4.78 is 9.64. The minimum Gasteiger partial charge on any atom is -0.441 e. The summed E-state index contributed by atoms with van der Waals surface area (Å²) in [5.74, 6) is 0. The molecule has 0 unspecified atom stereocenters. The molecule has 1 aliphatic heterocycles. The lowest BCUT2D eigenvalue weighted by atomic mass is 10.1. The predicted octanol–water partition coefficient (Wildman–Crippen LogP) is -0.115. The first-order valence-electron chi connectivity index (χ1n) is 3.81. The Labute approximate surface area is 65.9 Å². The third kappa shape index (κ3) is 3.34. The van der Waals surface area contributed by atoms with Gasteiger partial charge in [-0.1, -0.05) is 0 Å². The zero-order valence-electron chi connectivity index (χ0n) is 6.41. The molecule has 0 spiro atoms. The molecule has 0 aromatic carbocycles. The molecule has 1 aliphatic rings. The van der Waals surface area contributed by atoms with Crippen LogP contribution in [0.5, 0.6) is 0 Å². The lowest BCUT2D eigenvalue weighted by molar-refractivity contribution is -0.146. The van der Waals surface area contributed by atoms with E-state index < -0.39 is 0 Å². The normalized spacial score (nSPS) is 19.6. The van der Waals surface area contributed by atoms with Crippen LogP contribution in [0, 0.1) is 0 Å². The monoisotopic (exact) mass is 159 g/mol. The molecule has 0 atom stereocenters. The summed E-state index contributed by atoms with van der Waals surface area (Å²) in [4.78, 5) is 9.73. The van der Waals surface area contributed by atoms with E-state index in [1.165, 1.54) is 0 Å². The zero-order valence-corrected chi connectivity index (χ0v) is 6.41. The topological polar surface area (TPSA) is 47.6 Å². The summed E-state index contributed by atoms with van der Waals surface area (Å²) in [6.07, 6.45) is 2.26. The Bertz CT molecular complexity index is 112. The van der Waals surface area contributed by atoms with E-state index in [-0.39, 0.29) is 12.9 Å². The molecule has 0 radical (unpaired) electrons. The van der Waals surface area contributed by atoms with Gasteiger partial charge < -0.3 is 14.8 Å². The van der Waals surface area contributed by atoms with Crippen molar-refractivity contribution in [2.45, 2.75) is 18.9 Å². The number of hydrogen-bond donors (Lipinski definition) is 1. The number of hydrogen-bond acceptors (Lipinski definition) is 4. The molecule has 4 heteroatoms. The van der Waals surface area contributed by atoms with E-state index in [0.717, 1.165) is 25.9 Å². The van der Waals surface area contributed by atoms with E-state index in [1.807, 2.05) is 0 Å². The highest BCUT2D eigenvalue weighted by Crippen LogP contribution is 2.06. The van der Waals surface area contributed by atoms with Gasteiger partial charge in [0.1, 0.15) is 0 Å². The first kappa shape index (κ1) is 8.49. The standard InChI is InChI=1S/C7H13NO3/c9-5-10-6-11-7-1-3-8-4-2-7/h5,7-8H,1-4,6H2. The fourth-order valence-corrected chi connectivity index (χ4v) is 1.13. The molecule has 0 saturated carbocycles. The molecular formula is C7H13NO3. The van der Waals surface area contributed by atoms with Gasteiger partial charge in [-0.15, -0.1) is 0 Å². The fourth-order valence-electron chi connectivity index (χ4n) is 1.13. The molecular weight excluding hydrogens is 146 g/mol. The van der Waals surface area contributed by atoms with Gasteiger partial charge in [-0.3, -0.25) is 4.79 Å². The summed E-state index contributed by atoms with van der Waals surface area (Å²) in [6, 6.07) is 0. The van der Waals surface area contributed by atoms with Crippen molar-refractivity contribution in [3.63, 3.8) is 0 Å². The van der Waals surface area contributed by atoms with E-state index in [9.17, 15) is 4.79 Å². The number of nitrogens with one attached hydrogen (secondary N) is 1. The van der Waals surface area contributed by atoms with Crippen LogP contribution >= 0.6 is 0 Å². The third-order valence-electron chi connectivity index (χ3n) is 1.73. The molecule has 64 valence electrons. The molecule has 0 amide bonds. The van der Waals surface area contributed by atoms with Gasteiger partial charge in [0.05, 0.1) is 6.10 Å². The summed E-state index contributed by atoms with van der Waals surface area (Å²) >= 11 is 0. The molecule has 0 aliphatic carbocycles. The van der Waals surface area contributed by atoms with Gasteiger partial charge in [-0.05, 0) is 25.9 Å². The van der Waals surface area contributed by atoms with Crippen LogP contribution in [0.25, 0.3) is 0 Å². The van der Waals surface area contributed by atoms with Crippen LogP contribution in [0.4, 0.5) is 0 Å². The second-order valence-corrected chi connectivity index (χ2v) is 2.50. The van der Waals surface area contributed by atoms with Gasteiger partial charge in [0.15, 0.2) is 6.79 Å². The molecule has 1 saturated heterocycles. The Kier molecular flexibility index (Phi) is 3.93. The average Bonchev–Trinajstić information content (AvgIpc) is 2.07. The molecule has 1 N–H and O–H groups in total. The number of ether oxygens (including phenoxy) is 2. The van der Waals surface area contributed by atoms with E-state index in [1.54, 1.807) is 0 Å². The van der Waals surface area contributed by atoms with Crippen LogP contribution in [0.15, 0.2) is 0 Å². The molecule has 0 aromatic rings. The Morgan fingerprint density at radius 1 is 1.45 bits per heavy atom. The van der Waals surface area contributed by atoms with Crippen LogP contribution in [0.3, 0.4) is 0 Å². The molecule has 11 heavy (non-hydrogen) atoms. The van der Waals surface area contributed by atoms with Crippen molar-refractivity contribution in [1.29, 1.82) is 0 Å². The van der Waals surface area contributed by atoms with Crippen LogP contribution < -0.4 is 5.32 Å². The Hall–Kier alpha value is -0.610. The summed E-state index contributed by atoms with van der Waals surface area (Å²) in [6.45, 7) is 2.48. The summed E-state index contributed by atoms with van der Waals surface area (Å²) in [5, 5.41) is 3.21. The van der Waals surface area contributed by atoms with Crippen molar-refractivity contribution < 1.29 is 14.3 Å². The molecule has 1 heterocycles. The van der Waals surface area contributed by atoms with Crippen molar-refractivity contribution in [3.8, 4) is 0 Å². The largest absolute Gasteiger partial charge is 0.441 e. The van der Waals surface area contributed by atoms with Gasteiger partial charge in [0.25, 0.3) is 6.47 Å². The van der Waals surface area contributed by atoms with Gasteiger partial charge >= 0.3 is 0 Å². The van der Waals surface area contributed by atoms with Gasteiger partial charge in [-0.2, -0.15) is 0 Å². The van der Waals surface area contributed by atoms with Crippen LogP contribution in [-0.2, 0) is 14.3 Å². The number of carbonyl (C=O) groups is 1. The third-order valence-corrected chi connectivity index (χ3v) is 1.73. The number of piperidine rings is 1. The van der Waals surface area contributed by atoms with E-state index in [2.05, 4.69) is 10.1 Å². The second-order valence-electron chi connectivity index (χ2n) is 2.50. The SMILES string of the molecule is O=COCOC1CCNCC1. The smallest absolute Gasteiger partial charge is 0.295 e. The van der Waals surface area contributed by atoms with Crippen molar-refractivity contribution in [1.82, 2.24) is 5.32 Å². The van der Waals surface area contributed by atoms with Crippen LogP contribution in [-0.4, -0.2) is 32.5 Å². The highest BCUT2D eigenvalue weighted by Gasteiger charge is 2.12. The van der Waals surface area contributed by atoms with Crippen molar-refractivity contribution >= 4 is 6.47 Å². The van der Waals surface area contributed by atoms with Crippen molar-refractivity contribution in [2.75, 3.05) is 19.9 Å². The number of carbonyl (C=O) groups excluding carboxylic acids is 1. The zero-order chi connectivity index (χ0) is 7.94. The Morgan fingerprint density at radius 2 is 2.18 bits per heavy atom. The molecule has 0 bridgehead atoms. The van der Waals surface area contributed by atoms with E-state index in [4.69, 9.17) is 4.74 Å². The first-order valence-corrected chi connectivity index (χ1v) is 3.81. The van der Waals surface area contributed by atoms with Gasteiger partial charge in [0.2, 0.25) is 0 Å². The van der Waals surface area contributed by atoms with Crippen LogP contribution in [0.2, 0.25) is 0 Å². The highest BCUT2D eigenvalue weighted by atomic mass is 16.7. The predicted molar refractivity (Wildman–Crippen MR) is 39.0 cm³/mol. The molecule has 1 fully saturated rings. The first-order chi connectivity index (χ1) is 5.43. The van der Waals surface area contributed by atoms with Crippen molar-refractivity contribution in [3.05, 3.63) is 0 Å². The minimum atomic E-state index is 0.0914. The fraction of sp³-hybridized carbons (Fsp3) is 0.857. The van der Waals surface area contributed by atoms with Crippen LogP contribution in [0.1, 0.15) is 12.8 Å². The molecule has 0 aromatic heterocycles. The molecule has 4 nitrogen and oxygen atoms in total. The van der Waals surface area contributed by atoms with Crippen molar-refractivity contribution in [2.24, 2.45) is 0 Å². The maximum absolute atomic E-state index is 9.73. The Morgan fingerprint density at radius 3 is 2.82 bits per heavy atom. The molecule has 1 rings (SSSR count). The second kappa shape index (κ2) is 5.09. The number of rotatable bonds is 4. The highest BCUT2D eigenvalue weighted by molar-refractivity contribution is 5.36. The van der Waals surface area contributed by atoms with Gasteiger partial charge in [0, 0.05) is 0 Å². The summed E-state index contributed by atoms with van der Waals surface area (Å²) in [5.41, 5.74) is 0.